The van der Waals surface area contributed by atoms with Crippen molar-refractivity contribution in [3.8, 4) is 0 Å². The highest BCUT2D eigenvalue weighted by molar-refractivity contribution is 5.73. The van der Waals surface area contributed by atoms with Gasteiger partial charge in [0, 0.05) is 28.5 Å². The van der Waals surface area contributed by atoms with Gasteiger partial charge >= 0.3 is 0 Å². The van der Waals surface area contributed by atoms with Gasteiger partial charge in [0.15, 0.2) is 0 Å². The third-order valence-electron chi connectivity index (χ3n) is 3.48. The SMILES string of the molecule is C=C1N(C(C)C)c2ccc(N)cc2C1(C)C. The van der Waals surface area contributed by atoms with Crippen LogP contribution >= 0.6 is 0 Å². The first kappa shape index (κ1) is 11.1. The van der Waals surface area contributed by atoms with Crippen molar-refractivity contribution in [3.63, 3.8) is 0 Å². The molecule has 1 aliphatic rings. The van der Waals surface area contributed by atoms with E-state index in [1.54, 1.807) is 0 Å². The summed E-state index contributed by atoms with van der Waals surface area (Å²) in [5.41, 5.74) is 10.4. The fourth-order valence-electron chi connectivity index (χ4n) is 2.46. The van der Waals surface area contributed by atoms with Gasteiger partial charge in [0.25, 0.3) is 0 Å². The lowest BCUT2D eigenvalue weighted by Gasteiger charge is -2.29. The molecular weight excluding hydrogens is 196 g/mol. The van der Waals surface area contributed by atoms with E-state index in [1.807, 2.05) is 6.07 Å². The molecule has 0 saturated carbocycles. The predicted molar refractivity (Wildman–Crippen MR) is 70.6 cm³/mol. The molecule has 2 rings (SSSR count). The molecule has 0 atom stereocenters. The van der Waals surface area contributed by atoms with Crippen molar-refractivity contribution in [1.29, 1.82) is 0 Å². The fourth-order valence-corrected chi connectivity index (χ4v) is 2.46. The maximum Gasteiger partial charge on any atom is 0.0454 e. The maximum absolute atomic E-state index is 5.87. The monoisotopic (exact) mass is 216 g/mol. The van der Waals surface area contributed by atoms with E-state index >= 15 is 0 Å². The first-order chi connectivity index (χ1) is 7.35. The highest BCUT2D eigenvalue weighted by Gasteiger charge is 2.39. The number of nitrogen functional groups attached to an aromatic ring is 1. The Morgan fingerprint density at radius 1 is 1.31 bits per heavy atom. The van der Waals surface area contributed by atoms with Crippen LogP contribution in [0.3, 0.4) is 0 Å². The Morgan fingerprint density at radius 3 is 2.50 bits per heavy atom. The minimum atomic E-state index is -0.0189. The van der Waals surface area contributed by atoms with Crippen LogP contribution in [0, 0.1) is 0 Å². The van der Waals surface area contributed by atoms with Gasteiger partial charge in [0.05, 0.1) is 0 Å². The van der Waals surface area contributed by atoms with Crippen LogP contribution < -0.4 is 10.6 Å². The standard InChI is InChI=1S/C14H20N2/c1-9(2)16-10(3)14(4,5)12-8-11(15)6-7-13(12)16/h6-9H,3,15H2,1-2,4-5H3. The Kier molecular flexibility index (Phi) is 2.26. The van der Waals surface area contributed by atoms with Crippen LogP contribution in [0.25, 0.3) is 0 Å². The number of anilines is 2. The van der Waals surface area contributed by atoms with Crippen molar-refractivity contribution < 1.29 is 0 Å². The second-order valence-corrected chi connectivity index (χ2v) is 5.31. The van der Waals surface area contributed by atoms with E-state index in [4.69, 9.17) is 5.73 Å². The topological polar surface area (TPSA) is 29.3 Å². The normalized spacial score (nSPS) is 18.1. The average Bonchev–Trinajstić information content (AvgIpc) is 2.37. The second kappa shape index (κ2) is 3.27. The third kappa shape index (κ3) is 1.33. The summed E-state index contributed by atoms with van der Waals surface area (Å²) in [4.78, 5) is 2.30. The molecule has 2 nitrogen and oxygen atoms in total. The molecule has 0 radical (unpaired) electrons. The van der Waals surface area contributed by atoms with Gasteiger partial charge in [-0.05, 0) is 37.6 Å². The minimum absolute atomic E-state index is 0.0189. The highest BCUT2D eigenvalue weighted by Crippen LogP contribution is 2.48. The molecule has 2 N–H and O–H groups in total. The number of fused-ring (bicyclic) bond motifs is 1. The summed E-state index contributed by atoms with van der Waals surface area (Å²) in [7, 11) is 0. The predicted octanol–water partition coefficient (Wildman–Crippen LogP) is 3.29. The van der Waals surface area contributed by atoms with Gasteiger partial charge in [0.2, 0.25) is 0 Å². The number of benzene rings is 1. The van der Waals surface area contributed by atoms with Crippen LogP contribution in [0.5, 0.6) is 0 Å². The smallest absolute Gasteiger partial charge is 0.0454 e. The maximum atomic E-state index is 5.87. The molecule has 2 heteroatoms. The first-order valence-corrected chi connectivity index (χ1v) is 5.74. The van der Waals surface area contributed by atoms with E-state index in [2.05, 4.69) is 51.3 Å². The molecule has 0 amide bonds. The first-order valence-electron chi connectivity index (χ1n) is 5.74. The van der Waals surface area contributed by atoms with E-state index in [0.717, 1.165) is 11.4 Å². The van der Waals surface area contributed by atoms with Gasteiger partial charge in [0.1, 0.15) is 0 Å². The van der Waals surface area contributed by atoms with Gasteiger partial charge in [-0.15, -0.1) is 0 Å². The number of hydrogen-bond acceptors (Lipinski definition) is 2. The molecule has 16 heavy (non-hydrogen) atoms. The lowest BCUT2D eigenvalue weighted by atomic mass is 9.84. The Labute approximate surface area is 97.8 Å². The zero-order valence-corrected chi connectivity index (χ0v) is 10.5. The fraction of sp³-hybridized carbons (Fsp3) is 0.429. The average molecular weight is 216 g/mol. The van der Waals surface area contributed by atoms with Crippen molar-refractivity contribution in [1.82, 2.24) is 0 Å². The number of hydrogen-bond donors (Lipinski definition) is 1. The molecule has 0 aromatic heterocycles. The Morgan fingerprint density at radius 2 is 1.94 bits per heavy atom. The van der Waals surface area contributed by atoms with Crippen LogP contribution in [-0.4, -0.2) is 6.04 Å². The van der Waals surface area contributed by atoms with Gasteiger partial charge < -0.3 is 10.6 Å². The third-order valence-corrected chi connectivity index (χ3v) is 3.48. The summed E-state index contributed by atoms with van der Waals surface area (Å²) >= 11 is 0. The van der Waals surface area contributed by atoms with Crippen molar-refractivity contribution in [2.75, 3.05) is 10.6 Å². The van der Waals surface area contributed by atoms with Gasteiger partial charge in [-0.2, -0.15) is 0 Å². The van der Waals surface area contributed by atoms with Crippen LogP contribution in [0.2, 0.25) is 0 Å². The molecule has 0 bridgehead atoms. The molecule has 0 fully saturated rings. The van der Waals surface area contributed by atoms with Crippen LogP contribution in [0.1, 0.15) is 33.3 Å². The Hall–Kier alpha value is -1.44. The number of nitrogens with two attached hydrogens (primary N) is 1. The van der Waals surface area contributed by atoms with Gasteiger partial charge in [-0.25, -0.2) is 0 Å². The second-order valence-electron chi connectivity index (χ2n) is 5.31. The van der Waals surface area contributed by atoms with Crippen molar-refractivity contribution in [2.24, 2.45) is 0 Å². The summed E-state index contributed by atoms with van der Waals surface area (Å²) in [6.45, 7) is 13.0. The van der Waals surface area contributed by atoms with E-state index in [-0.39, 0.29) is 5.41 Å². The summed E-state index contributed by atoms with van der Waals surface area (Å²) in [5.74, 6) is 0. The minimum Gasteiger partial charge on any atom is -0.399 e. The van der Waals surface area contributed by atoms with Crippen molar-refractivity contribution in [3.05, 3.63) is 36.0 Å². The molecule has 1 aliphatic heterocycles. The van der Waals surface area contributed by atoms with Gasteiger partial charge in [-0.1, -0.05) is 20.4 Å². The molecular formula is C14H20N2. The van der Waals surface area contributed by atoms with Gasteiger partial charge in [-0.3, -0.25) is 0 Å². The summed E-state index contributed by atoms with van der Waals surface area (Å²) in [6, 6.07) is 6.56. The van der Waals surface area contributed by atoms with E-state index in [9.17, 15) is 0 Å². The lowest BCUT2D eigenvalue weighted by Crippen LogP contribution is -2.30. The zero-order valence-electron chi connectivity index (χ0n) is 10.5. The highest BCUT2D eigenvalue weighted by atomic mass is 15.2. The van der Waals surface area contributed by atoms with E-state index in [1.165, 1.54) is 11.3 Å². The lowest BCUT2D eigenvalue weighted by molar-refractivity contribution is 0.615. The largest absolute Gasteiger partial charge is 0.399 e. The van der Waals surface area contributed by atoms with Crippen molar-refractivity contribution in [2.45, 2.75) is 39.2 Å². The Balaban J connectivity index is 2.65. The molecule has 86 valence electrons. The number of nitrogens with zero attached hydrogens (tertiary/aromatic N) is 1. The quantitative estimate of drug-likeness (QED) is 0.730. The molecule has 0 spiro atoms. The van der Waals surface area contributed by atoms with E-state index in [0.29, 0.717) is 6.04 Å². The summed E-state index contributed by atoms with van der Waals surface area (Å²) < 4.78 is 0. The van der Waals surface area contributed by atoms with E-state index < -0.39 is 0 Å². The molecule has 1 aromatic rings. The molecule has 1 heterocycles. The molecule has 0 saturated heterocycles. The molecule has 0 unspecified atom stereocenters. The summed E-state index contributed by atoms with van der Waals surface area (Å²) in [6.07, 6.45) is 0. The molecule has 1 aromatic carbocycles. The number of allylic oxidation sites excluding steroid dienone is 1. The van der Waals surface area contributed by atoms with Crippen molar-refractivity contribution >= 4 is 11.4 Å². The van der Waals surface area contributed by atoms with Crippen LogP contribution in [-0.2, 0) is 5.41 Å². The Bertz CT molecular complexity index is 444. The zero-order chi connectivity index (χ0) is 12.1. The molecule has 0 aliphatic carbocycles. The van der Waals surface area contributed by atoms with Crippen LogP contribution in [0.4, 0.5) is 11.4 Å². The summed E-state index contributed by atoms with van der Waals surface area (Å²) in [5, 5.41) is 0. The van der Waals surface area contributed by atoms with Crippen LogP contribution in [0.15, 0.2) is 30.5 Å². The number of rotatable bonds is 1.